The van der Waals surface area contributed by atoms with E-state index in [2.05, 4.69) is 5.32 Å². The van der Waals surface area contributed by atoms with Crippen LogP contribution in [0.25, 0.3) is 0 Å². The Labute approximate surface area is 93.0 Å². The minimum atomic E-state index is -0.422. The first-order valence-electron chi connectivity index (χ1n) is 4.37. The van der Waals surface area contributed by atoms with E-state index in [1.807, 2.05) is 0 Å². The molecule has 1 saturated heterocycles. The van der Waals surface area contributed by atoms with Gasteiger partial charge in [0.2, 0.25) is 0 Å². The Morgan fingerprint density at radius 2 is 1.93 bits per heavy atom. The standard InChI is InChI=1S/C9H10N2O3.ClH/c12-11(13)7-1-3-8(4-2-7)14-9-5-10-6-9;/h1-4,9-10H,5-6H2;1H. The molecule has 0 aromatic heterocycles. The summed E-state index contributed by atoms with van der Waals surface area (Å²) in [7, 11) is 0. The maximum Gasteiger partial charge on any atom is 0.269 e. The second kappa shape index (κ2) is 4.95. The van der Waals surface area contributed by atoms with Gasteiger partial charge in [-0.1, -0.05) is 0 Å². The Kier molecular flexibility index (Phi) is 3.88. The Hall–Kier alpha value is -1.33. The molecule has 0 atom stereocenters. The molecular formula is C9H11ClN2O3. The Morgan fingerprint density at radius 3 is 2.33 bits per heavy atom. The Balaban J connectivity index is 0.00000112. The lowest BCUT2D eigenvalue weighted by Gasteiger charge is -2.27. The minimum absolute atomic E-state index is 0. The fourth-order valence-corrected chi connectivity index (χ4v) is 1.18. The maximum atomic E-state index is 10.4. The molecule has 0 spiro atoms. The smallest absolute Gasteiger partial charge is 0.269 e. The van der Waals surface area contributed by atoms with Crippen LogP contribution in [0.2, 0.25) is 0 Å². The molecule has 1 aromatic rings. The second-order valence-corrected chi connectivity index (χ2v) is 3.15. The zero-order valence-electron chi connectivity index (χ0n) is 7.88. The number of halogens is 1. The van der Waals surface area contributed by atoms with Crippen molar-refractivity contribution in [2.45, 2.75) is 6.10 Å². The number of benzene rings is 1. The van der Waals surface area contributed by atoms with Crippen molar-refractivity contribution in [1.82, 2.24) is 5.32 Å². The van der Waals surface area contributed by atoms with Gasteiger partial charge in [-0.2, -0.15) is 0 Å². The summed E-state index contributed by atoms with van der Waals surface area (Å²) in [4.78, 5) is 9.93. The molecule has 0 aliphatic carbocycles. The molecule has 5 nitrogen and oxygen atoms in total. The summed E-state index contributed by atoms with van der Waals surface area (Å²) in [6, 6.07) is 6.13. The highest BCUT2D eigenvalue weighted by Crippen LogP contribution is 2.18. The van der Waals surface area contributed by atoms with Crippen molar-refractivity contribution in [1.29, 1.82) is 0 Å². The SMILES string of the molecule is Cl.O=[N+]([O-])c1ccc(OC2CNC2)cc1. The van der Waals surface area contributed by atoms with Crippen LogP contribution < -0.4 is 10.1 Å². The van der Waals surface area contributed by atoms with Crippen molar-refractivity contribution in [2.75, 3.05) is 13.1 Å². The number of hydrogen-bond donors (Lipinski definition) is 1. The Morgan fingerprint density at radius 1 is 1.33 bits per heavy atom. The number of non-ortho nitro benzene ring substituents is 1. The lowest BCUT2D eigenvalue weighted by atomic mass is 10.2. The van der Waals surface area contributed by atoms with Gasteiger partial charge in [-0.3, -0.25) is 10.1 Å². The first-order valence-corrected chi connectivity index (χ1v) is 4.37. The van der Waals surface area contributed by atoms with E-state index in [9.17, 15) is 10.1 Å². The molecule has 0 amide bonds. The van der Waals surface area contributed by atoms with Crippen LogP contribution in [0, 0.1) is 10.1 Å². The summed E-state index contributed by atoms with van der Waals surface area (Å²) in [5, 5.41) is 13.4. The van der Waals surface area contributed by atoms with Crippen LogP contribution >= 0.6 is 12.4 Å². The van der Waals surface area contributed by atoms with E-state index in [1.54, 1.807) is 12.1 Å². The zero-order chi connectivity index (χ0) is 9.97. The van der Waals surface area contributed by atoms with E-state index in [0.29, 0.717) is 5.75 Å². The number of nitrogens with one attached hydrogen (secondary N) is 1. The summed E-state index contributed by atoms with van der Waals surface area (Å²) >= 11 is 0. The molecule has 15 heavy (non-hydrogen) atoms. The predicted molar refractivity (Wildman–Crippen MR) is 57.6 cm³/mol. The van der Waals surface area contributed by atoms with Crippen molar-refractivity contribution in [3.63, 3.8) is 0 Å². The van der Waals surface area contributed by atoms with Crippen molar-refractivity contribution in [2.24, 2.45) is 0 Å². The van der Waals surface area contributed by atoms with Gasteiger partial charge in [0.05, 0.1) is 4.92 Å². The molecule has 2 rings (SSSR count). The predicted octanol–water partition coefficient (Wildman–Crippen LogP) is 1.37. The normalized spacial score (nSPS) is 14.9. The molecule has 0 unspecified atom stereocenters. The number of nitro groups is 1. The lowest BCUT2D eigenvalue weighted by Crippen LogP contribution is -2.50. The van der Waals surface area contributed by atoms with Crippen LogP contribution in [0.15, 0.2) is 24.3 Å². The van der Waals surface area contributed by atoms with Gasteiger partial charge in [0.1, 0.15) is 11.9 Å². The third-order valence-electron chi connectivity index (χ3n) is 2.09. The van der Waals surface area contributed by atoms with Crippen LogP contribution in [-0.2, 0) is 0 Å². The van der Waals surface area contributed by atoms with Crippen LogP contribution in [0.1, 0.15) is 0 Å². The highest BCUT2D eigenvalue weighted by molar-refractivity contribution is 5.85. The monoisotopic (exact) mass is 230 g/mol. The van der Waals surface area contributed by atoms with Crippen LogP contribution in [0.3, 0.4) is 0 Å². The second-order valence-electron chi connectivity index (χ2n) is 3.15. The van der Waals surface area contributed by atoms with Gasteiger partial charge >= 0.3 is 0 Å². The topological polar surface area (TPSA) is 64.4 Å². The van der Waals surface area contributed by atoms with Gasteiger partial charge in [-0.05, 0) is 12.1 Å². The number of hydrogen-bond acceptors (Lipinski definition) is 4. The molecule has 0 saturated carbocycles. The number of nitro benzene ring substituents is 1. The van der Waals surface area contributed by atoms with Gasteiger partial charge in [0, 0.05) is 25.2 Å². The molecule has 82 valence electrons. The minimum Gasteiger partial charge on any atom is -0.488 e. The summed E-state index contributed by atoms with van der Waals surface area (Å²) in [5.41, 5.74) is 0.0871. The molecular weight excluding hydrogens is 220 g/mol. The number of nitrogens with zero attached hydrogens (tertiary/aromatic N) is 1. The molecule has 6 heteroatoms. The van der Waals surface area contributed by atoms with E-state index in [4.69, 9.17) is 4.74 Å². The van der Waals surface area contributed by atoms with Crippen molar-refractivity contribution in [3.05, 3.63) is 34.4 Å². The average Bonchev–Trinajstić information content (AvgIpc) is 2.12. The molecule has 1 heterocycles. The third-order valence-corrected chi connectivity index (χ3v) is 2.09. The highest BCUT2D eigenvalue weighted by atomic mass is 35.5. The highest BCUT2D eigenvalue weighted by Gasteiger charge is 2.18. The summed E-state index contributed by atoms with van der Waals surface area (Å²) in [6.45, 7) is 1.69. The quantitative estimate of drug-likeness (QED) is 0.629. The lowest BCUT2D eigenvalue weighted by molar-refractivity contribution is -0.384. The first kappa shape index (κ1) is 11.7. The van der Waals surface area contributed by atoms with Crippen molar-refractivity contribution < 1.29 is 9.66 Å². The average molecular weight is 231 g/mol. The maximum absolute atomic E-state index is 10.4. The summed E-state index contributed by atoms with van der Waals surface area (Å²) in [6.07, 6.45) is 0.205. The van der Waals surface area contributed by atoms with Gasteiger partial charge in [-0.25, -0.2) is 0 Å². The third kappa shape index (κ3) is 2.81. The summed E-state index contributed by atoms with van der Waals surface area (Å²) in [5.74, 6) is 0.683. The van der Waals surface area contributed by atoms with Crippen molar-refractivity contribution in [3.8, 4) is 5.75 Å². The largest absolute Gasteiger partial charge is 0.488 e. The molecule has 0 radical (unpaired) electrons. The number of rotatable bonds is 3. The van der Waals surface area contributed by atoms with Gasteiger partial charge in [0.15, 0.2) is 0 Å². The molecule has 1 aromatic carbocycles. The fourth-order valence-electron chi connectivity index (χ4n) is 1.18. The molecule has 1 fully saturated rings. The Bertz CT molecular complexity index is 338. The molecule has 1 aliphatic rings. The van der Waals surface area contributed by atoms with E-state index in [-0.39, 0.29) is 24.2 Å². The molecule has 1 aliphatic heterocycles. The van der Waals surface area contributed by atoms with E-state index in [0.717, 1.165) is 13.1 Å². The zero-order valence-corrected chi connectivity index (χ0v) is 8.70. The number of ether oxygens (including phenoxy) is 1. The van der Waals surface area contributed by atoms with Crippen molar-refractivity contribution >= 4 is 18.1 Å². The van der Waals surface area contributed by atoms with E-state index >= 15 is 0 Å². The van der Waals surface area contributed by atoms with Crippen LogP contribution in [0.4, 0.5) is 5.69 Å². The van der Waals surface area contributed by atoms with Gasteiger partial charge in [0.25, 0.3) is 5.69 Å². The fraction of sp³-hybridized carbons (Fsp3) is 0.333. The molecule has 0 bridgehead atoms. The summed E-state index contributed by atoms with van der Waals surface area (Å²) < 4.78 is 5.50. The van der Waals surface area contributed by atoms with Gasteiger partial charge in [-0.15, -0.1) is 12.4 Å². The molecule has 1 N–H and O–H groups in total. The van der Waals surface area contributed by atoms with Crippen LogP contribution in [-0.4, -0.2) is 24.1 Å². The van der Waals surface area contributed by atoms with E-state index in [1.165, 1.54) is 12.1 Å². The first-order chi connectivity index (χ1) is 6.75. The van der Waals surface area contributed by atoms with Crippen LogP contribution in [0.5, 0.6) is 5.75 Å². The van der Waals surface area contributed by atoms with E-state index < -0.39 is 4.92 Å². The van der Waals surface area contributed by atoms with Gasteiger partial charge < -0.3 is 10.1 Å².